The number of rotatable bonds is 4. The zero-order valence-corrected chi connectivity index (χ0v) is 12.7. The van der Waals surface area contributed by atoms with Crippen LogP contribution in [0.15, 0.2) is 48.5 Å². The van der Waals surface area contributed by atoms with Crippen LogP contribution in [-0.2, 0) is 4.74 Å². The molecule has 0 N–H and O–H groups in total. The standard InChI is InChI=1S/C14H10Cl4O/c15-11-7-3-1-5-9(11)13(17)19-14(18)10-6-2-4-8-12(10)16/h1-8,13-14H. The Labute approximate surface area is 132 Å². The summed E-state index contributed by atoms with van der Waals surface area (Å²) >= 11 is 24.4. The molecule has 100 valence electrons. The molecule has 2 unspecified atom stereocenters. The second-order valence-corrected chi connectivity index (χ2v) is 5.42. The van der Waals surface area contributed by atoms with Crippen molar-refractivity contribution in [2.45, 2.75) is 11.1 Å². The number of hydrogen-bond donors (Lipinski definition) is 0. The Kier molecular flexibility index (Phi) is 5.37. The van der Waals surface area contributed by atoms with Gasteiger partial charge >= 0.3 is 0 Å². The van der Waals surface area contributed by atoms with E-state index < -0.39 is 11.1 Å². The summed E-state index contributed by atoms with van der Waals surface area (Å²) in [6.07, 6.45) is 0. The van der Waals surface area contributed by atoms with Gasteiger partial charge in [-0.3, -0.25) is 0 Å². The second-order valence-electron chi connectivity index (χ2n) is 3.81. The number of alkyl halides is 2. The quantitative estimate of drug-likeness (QED) is 0.606. The zero-order chi connectivity index (χ0) is 13.8. The summed E-state index contributed by atoms with van der Waals surface area (Å²) in [7, 11) is 0. The molecule has 0 aliphatic rings. The van der Waals surface area contributed by atoms with Gasteiger partial charge in [0.15, 0.2) is 11.1 Å². The van der Waals surface area contributed by atoms with Crippen molar-refractivity contribution >= 4 is 46.4 Å². The summed E-state index contributed by atoms with van der Waals surface area (Å²) in [5.41, 5.74) is -0.146. The summed E-state index contributed by atoms with van der Waals surface area (Å²) in [4.78, 5) is 0. The fourth-order valence-electron chi connectivity index (χ4n) is 1.57. The van der Waals surface area contributed by atoms with Crippen LogP contribution in [0.5, 0.6) is 0 Å². The molecule has 0 fully saturated rings. The summed E-state index contributed by atoms with van der Waals surface area (Å²) in [6.45, 7) is 0. The number of halogens is 4. The molecule has 2 aromatic rings. The van der Waals surface area contributed by atoms with E-state index in [1.165, 1.54) is 0 Å². The lowest BCUT2D eigenvalue weighted by molar-refractivity contribution is 0.0822. The van der Waals surface area contributed by atoms with Gasteiger partial charge in [-0.05, 0) is 12.1 Å². The summed E-state index contributed by atoms with van der Waals surface area (Å²) in [5.74, 6) is 0. The molecule has 0 spiro atoms. The number of benzene rings is 2. The number of ether oxygens (including phenoxy) is 1. The van der Waals surface area contributed by atoms with Gasteiger partial charge < -0.3 is 4.74 Å². The summed E-state index contributed by atoms with van der Waals surface area (Å²) in [5, 5.41) is 1.07. The fraction of sp³-hybridized carbons (Fsp3) is 0.143. The average molecular weight is 336 g/mol. The van der Waals surface area contributed by atoms with E-state index in [9.17, 15) is 0 Å². The Balaban J connectivity index is 2.13. The van der Waals surface area contributed by atoms with Crippen molar-refractivity contribution in [1.82, 2.24) is 0 Å². The van der Waals surface area contributed by atoms with E-state index in [0.29, 0.717) is 21.2 Å². The molecular formula is C14H10Cl4O. The maximum absolute atomic E-state index is 6.17. The third-order valence-electron chi connectivity index (χ3n) is 2.54. The van der Waals surface area contributed by atoms with Crippen molar-refractivity contribution in [3.8, 4) is 0 Å². The van der Waals surface area contributed by atoms with E-state index in [1.54, 1.807) is 24.3 Å². The van der Waals surface area contributed by atoms with Crippen LogP contribution < -0.4 is 0 Å². The Morgan fingerprint density at radius 2 is 1.05 bits per heavy atom. The van der Waals surface area contributed by atoms with Crippen LogP contribution in [0.2, 0.25) is 10.0 Å². The molecule has 2 rings (SSSR count). The van der Waals surface area contributed by atoms with Gasteiger partial charge in [-0.25, -0.2) is 0 Å². The first-order chi connectivity index (χ1) is 9.09. The molecule has 1 nitrogen and oxygen atoms in total. The van der Waals surface area contributed by atoms with Crippen LogP contribution in [0.1, 0.15) is 22.3 Å². The predicted molar refractivity (Wildman–Crippen MR) is 81.2 cm³/mol. The van der Waals surface area contributed by atoms with Gasteiger partial charge in [0.25, 0.3) is 0 Å². The molecule has 0 bridgehead atoms. The van der Waals surface area contributed by atoms with Crippen LogP contribution in [0.25, 0.3) is 0 Å². The van der Waals surface area contributed by atoms with E-state index in [4.69, 9.17) is 51.1 Å². The molecule has 2 atom stereocenters. The van der Waals surface area contributed by atoms with Crippen LogP contribution in [0, 0.1) is 0 Å². The van der Waals surface area contributed by atoms with E-state index >= 15 is 0 Å². The Hall–Kier alpha value is -0.440. The van der Waals surface area contributed by atoms with Gasteiger partial charge in [0.1, 0.15) is 0 Å². The second kappa shape index (κ2) is 6.83. The molecule has 5 heteroatoms. The maximum Gasteiger partial charge on any atom is 0.160 e. The molecule has 0 saturated heterocycles. The number of hydrogen-bond acceptors (Lipinski definition) is 1. The molecule has 0 aliphatic heterocycles. The van der Waals surface area contributed by atoms with E-state index in [2.05, 4.69) is 0 Å². The third kappa shape index (κ3) is 3.77. The molecular weight excluding hydrogens is 326 g/mol. The average Bonchev–Trinajstić information content (AvgIpc) is 2.39. The van der Waals surface area contributed by atoms with Crippen molar-refractivity contribution < 1.29 is 4.74 Å². The lowest BCUT2D eigenvalue weighted by atomic mass is 10.2. The van der Waals surface area contributed by atoms with Crippen LogP contribution in [0.3, 0.4) is 0 Å². The lowest BCUT2D eigenvalue weighted by Crippen LogP contribution is -2.02. The van der Waals surface area contributed by atoms with Gasteiger partial charge in [0.05, 0.1) is 0 Å². The normalized spacial score (nSPS) is 14.1. The van der Waals surface area contributed by atoms with Crippen molar-refractivity contribution in [2.75, 3.05) is 0 Å². The van der Waals surface area contributed by atoms with Crippen molar-refractivity contribution in [3.63, 3.8) is 0 Å². The first-order valence-electron chi connectivity index (χ1n) is 5.52. The SMILES string of the molecule is Clc1ccccc1C(Cl)OC(Cl)c1ccccc1Cl. The Morgan fingerprint density at radius 3 is 1.42 bits per heavy atom. The van der Waals surface area contributed by atoms with Crippen molar-refractivity contribution in [3.05, 3.63) is 69.7 Å². The minimum atomic E-state index is -0.743. The highest BCUT2D eigenvalue weighted by Gasteiger charge is 2.19. The van der Waals surface area contributed by atoms with Crippen LogP contribution >= 0.6 is 46.4 Å². The highest BCUT2D eigenvalue weighted by atomic mass is 35.5. The minimum absolute atomic E-state index is 0.533. The maximum atomic E-state index is 6.17. The van der Waals surface area contributed by atoms with Crippen LogP contribution in [0.4, 0.5) is 0 Å². The highest BCUT2D eigenvalue weighted by Crippen LogP contribution is 2.37. The molecule has 2 aromatic carbocycles. The van der Waals surface area contributed by atoms with E-state index in [1.807, 2.05) is 24.3 Å². The molecule has 19 heavy (non-hydrogen) atoms. The first-order valence-corrected chi connectivity index (χ1v) is 7.15. The van der Waals surface area contributed by atoms with Crippen LogP contribution in [-0.4, -0.2) is 0 Å². The van der Waals surface area contributed by atoms with Gasteiger partial charge in [0, 0.05) is 21.2 Å². The topological polar surface area (TPSA) is 9.23 Å². The Bertz CT molecular complexity index is 509. The third-order valence-corrected chi connectivity index (χ3v) is 3.90. The largest absolute Gasteiger partial charge is 0.335 e. The van der Waals surface area contributed by atoms with Crippen molar-refractivity contribution in [2.24, 2.45) is 0 Å². The zero-order valence-electron chi connectivity index (χ0n) is 9.69. The van der Waals surface area contributed by atoms with E-state index in [-0.39, 0.29) is 0 Å². The van der Waals surface area contributed by atoms with Gasteiger partial charge in [0.2, 0.25) is 0 Å². The fourth-order valence-corrected chi connectivity index (χ4v) is 2.79. The lowest BCUT2D eigenvalue weighted by Gasteiger charge is -2.18. The predicted octanol–water partition coefficient (Wildman–Crippen LogP) is 6.19. The molecule has 0 amide bonds. The molecule has 0 aliphatic carbocycles. The minimum Gasteiger partial charge on any atom is -0.335 e. The molecule has 0 aromatic heterocycles. The van der Waals surface area contributed by atoms with Gasteiger partial charge in [-0.15, -0.1) is 0 Å². The van der Waals surface area contributed by atoms with E-state index in [0.717, 1.165) is 0 Å². The molecule has 0 saturated carbocycles. The van der Waals surface area contributed by atoms with Crippen molar-refractivity contribution in [1.29, 1.82) is 0 Å². The monoisotopic (exact) mass is 334 g/mol. The smallest absolute Gasteiger partial charge is 0.160 e. The first kappa shape index (κ1) is 15.0. The highest BCUT2D eigenvalue weighted by molar-refractivity contribution is 6.33. The van der Waals surface area contributed by atoms with Gasteiger partial charge in [-0.1, -0.05) is 82.8 Å². The summed E-state index contributed by atoms with van der Waals surface area (Å²) < 4.78 is 5.55. The Morgan fingerprint density at radius 1 is 0.684 bits per heavy atom. The summed E-state index contributed by atoms with van der Waals surface area (Å²) in [6, 6.07) is 14.4. The molecule has 0 radical (unpaired) electrons. The molecule has 0 heterocycles. The van der Waals surface area contributed by atoms with Gasteiger partial charge in [-0.2, -0.15) is 0 Å².